The van der Waals surface area contributed by atoms with Gasteiger partial charge in [0.25, 0.3) is 0 Å². The Morgan fingerprint density at radius 3 is 2.92 bits per heavy atom. The lowest BCUT2D eigenvalue weighted by Crippen LogP contribution is -1.94. The molecule has 0 atom stereocenters. The zero-order chi connectivity index (χ0) is 9.10. The standard InChI is InChI=1S/C10H15NS2/c1-8-6-13-10(11-8)7-12-9-4-2-3-5-9/h6,9H,2-5,7H2,1H3. The predicted molar refractivity (Wildman–Crippen MR) is 60.4 cm³/mol. The van der Waals surface area contributed by atoms with Crippen molar-refractivity contribution in [3.05, 3.63) is 16.1 Å². The summed E-state index contributed by atoms with van der Waals surface area (Å²) in [6.45, 7) is 2.07. The summed E-state index contributed by atoms with van der Waals surface area (Å²) in [6.07, 6.45) is 5.73. The molecule has 1 aliphatic carbocycles. The van der Waals surface area contributed by atoms with E-state index >= 15 is 0 Å². The van der Waals surface area contributed by atoms with Crippen molar-refractivity contribution in [2.24, 2.45) is 0 Å². The highest BCUT2D eigenvalue weighted by molar-refractivity contribution is 7.99. The molecule has 0 unspecified atom stereocenters. The highest BCUT2D eigenvalue weighted by Gasteiger charge is 2.15. The lowest BCUT2D eigenvalue weighted by atomic mass is 10.4. The van der Waals surface area contributed by atoms with Crippen molar-refractivity contribution in [1.29, 1.82) is 0 Å². The molecule has 72 valence electrons. The van der Waals surface area contributed by atoms with Gasteiger partial charge in [-0.3, -0.25) is 0 Å². The van der Waals surface area contributed by atoms with Gasteiger partial charge in [-0.05, 0) is 19.8 Å². The van der Waals surface area contributed by atoms with Gasteiger partial charge in [0.2, 0.25) is 0 Å². The van der Waals surface area contributed by atoms with Crippen molar-refractivity contribution in [2.45, 2.75) is 43.6 Å². The van der Waals surface area contributed by atoms with Gasteiger partial charge in [-0.25, -0.2) is 4.98 Å². The summed E-state index contributed by atoms with van der Waals surface area (Å²) in [5.74, 6) is 1.13. The molecule has 0 radical (unpaired) electrons. The van der Waals surface area contributed by atoms with Crippen LogP contribution in [0.1, 0.15) is 36.4 Å². The Balaban J connectivity index is 1.78. The first kappa shape index (κ1) is 9.53. The first-order chi connectivity index (χ1) is 6.34. The molecule has 0 aromatic carbocycles. The van der Waals surface area contributed by atoms with Crippen LogP contribution >= 0.6 is 23.1 Å². The number of hydrogen-bond acceptors (Lipinski definition) is 3. The highest BCUT2D eigenvalue weighted by atomic mass is 32.2. The van der Waals surface area contributed by atoms with Crippen LogP contribution in [0.2, 0.25) is 0 Å². The van der Waals surface area contributed by atoms with Gasteiger partial charge in [-0.15, -0.1) is 11.3 Å². The molecule has 3 heteroatoms. The number of aryl methyl sites for hydroxylation is 1. The molecular formula is C10H15NS2. The summed E-state index contributed by atoms with van der Waals surface area (Å²) in [4.78, 5) is 4.47. The molecule has 0 aliphatic heterocycles. The first-order valence-corrected chi connectivity index (χ1v) is 6.80. The summed E-state index contributed by atoms with van der Waals surface area (Å²) >= 11 is 3.90. The fourth-order valence-electron chi connectivity index (χ4n) is 1.71. The maximum absolute atomic E-state index is 4.47. The highest BCUT2D eigenvalue weighted by Crippen LogP contribution is 2.31. The van der Waals surface area contributed by atoms with Crippen LogP contribution in [-0.2, 0) is 5.75 Å². The van der Waals surface area contributed by atoms with Gasteiger partial charge in [0, 0.05) is 22.1 Å². The number of thiazole rings is 1. The molecule has 13 heavy (non-hydrogen) atoms. The minimum atomic E-state index is 0.921. The zero-order valence-corrected chi connectivity index (χ0v) is 9.59. The predicted octanol–water partition coefficient (Wildman–Crippen LogP) is 3.63. The first-order valence-electron chi connectivity index (χ1n) is 4.87. The van der Waals surface area contributed by atoms with E-state index in [0.717, 1.165) is 11.0 Å². The Bertz CT molecular complexity index is 264. The Labute approximate surface area is 88.0 Å². The summed E-state index contributed by atoms with van der Waals surface area (Å²) < 4.78 is 0. The average Bonchev–Trinajstić information content (AvgIpc) is 2.71. The van der Waals surface area contributed by atoms with Crippen LogP contribution in [0.15, 0.2) is 5.38 Å². The minimum absolute atomic E-state index is 0.921. The van der Waals surface area contributed by atoms with Gasteiger partial charge >= 0.3 is 0 Å². The molecular weight excluding hydrogens is 198 g/mol. The summed E-state index contributed by atoms with van der Waals surface area (Å²) in [7, 11) is 0. The Hall–Kier alpha value is -0.0200. The lowest BCUT2D eigenvalue weighted by molar-refractivity contribution is 0.886. The topological polar surface area (TPSA) is 12.9 Å². The van der Waals surface area contributed by atoms with Crippen molar-refractivity contribution in [1.82, 2.24) is 4.98 Å². The average molecular weight is 213 g/mol. The smallest absolute Gasteiger partial charge is 0.103 e. The summed E-state index contributed by atoms with van der Waals surface area (Å²) in [5.41, 5.74) is 1.17. The SMILES string of the molecule is Cc1csc(CSC2CCCC2)n1. The maximum atomic E-state index is 4.47. The van der Waals surface area contributed by atoms with Crippen molar-refractivity contribution in [3.8, 4) is 0 Å². The molecule has 0 bridgehead atoms. The van der Waals surface area contributed by atoms with Crippen LogP contribution in [0.25, 0.3) is 0 Å². The molecule has 1 heterocycles. The second-order valence-corrected chi connectivity index (χ2v) is 5.83. The van der Waals surface area contributed by atoms with Gasteiger partial charge in [0.15, 0.2) is 0 Å². The van der Waals surface area contributed by atoms with Gasteiger partial charge in [0.05, 0.1) is 0 Å². The van der Waals surface area contributed by atoms with Gasteiger partial charge < -0.3 is 0 Å². The van der Waals surface area contributed by atoms with E-state index in [1.165, 1.54) is 36.4 Å². The van der Waals surface area contributed by atoms with Gasteiger partial charge in [-0.2, -0.15) is 11.8 Å². The largest absolute Gasteiger partial charge is 0.246 e. The fourth-order valence-corrected chi connectivity index (χ4v) is 3.85. The van der Waals surface area contributed by atoms with Crippen LogP contribution in [0.4, 0.5) is 0 Å². The third-order valence-corrected chi connectivity index (χ3v) is 4.94. The van der Waals surface area contributed by atoms with Crippen LogP contribution in [0, 0.1) is 6.92 Å². The third-order valence-electron chi connectivity index (χ3n) is 2.41. The molecule has 0 saturated heterocycles. The second kappa shape index (κ2) is 4.47. The number of hydrogen-bond donors (Lipinski definition) is 0. The summed E-state index contributed by atoms with van der Waals surface area (Å²) in [6, 6.07) is 0. The number of thioether (sulfide) groups is 1. The minimum Gasteiger partial charge on any atom is -0.246 e. The van der Waals surface area contributed by atoms with Crippen molar-refractivity contribution >= 4 is 23.1 Å². The zero-order valence-electron chi connectivity index (χ0n) is 7.95. The van der Waals surface area contributed by atoms with Gasteiger partial charge in [-0.1, -0.05) is 12.8 Å². The Morgan fingerprint density at radius 1 is 1.54 bits per heavy atom. The quantitative estimate of drug-likeness (QED) is 0.760. The van der Waals surface area contributed by atoms with E-state index in [1.807, 2.05) is 0 Å². The Kier molecular flexibility index (Phi) is 3.28. The molecule has 1 aromatic rings. The van der Waals surface area contributed by atoms with Crippen molar-refractivity contribution in [2.75, 3.05) is 0 Å². The molecule has 1 aliphatic rings. The van der Waals surface area contributed by atoms with E-state index in [4.69, 9.17) is 0 Å². The lowest BCUT2D eigenvalue weighted by Gasteiger charge is -2.05. The maximum Gasteiger partial charge on any atom is 0.103 e. The van der Waals surface area contributed by atoms with Gasteiger partial charge in [0.1, 0.15) is 5.01 Å². The summed E-state index contributed by atoms with van der Waals surface area (Å²) in [5, 5.41) is 4.36. The Morgan fingerprint density at radius 2 is 2.31 bits per heavy atom. The van der Waals surface area contributed by atoms with Crippen LogP contribution in [0.3, 0.4) is 0 Å². The molecule has 0 amide bonds. The molecule has 1 fully saturated rings. The van der Waals surface area contributed by atoms with E-state index in [0.29, 0.717) is 0 Å². The fraction of sp³-hybridized carbons (Fsp3) is 0.700. The monoisotopic (exact) mass is 213 g/mol. The van der Waals surface area contributed by atoms with E-state index in [2.05, 4.69) is 29.0 Å². The molecule has 1 nitrogen and oxygen atoms in total. The van der Waals surface area contributed by atoms with Crippen LogP contribution in [-0.4, -0.2) is 10.2 Å². The van der Waals surface area contributed by atoms with E-state index in [-0.39, 0.29) is 0 Å². The van der Waals surface area contributed by atoms with E-state index in [1.54, 1.807) is 11.3 Å². The molecule has 1 saturated carbocycles. The van der Waals surface area contributed by atoms with E-state index < -0.39 is 0 Å². The molecule has 0 N–H and O–H groups in total. The second-order valence-electron chi connectivity index (χ2n) is 3.60. The number of nitrogens with zero attached hydrogens (tertiary/aromatic N) is 1. The van der Waals surface area contributed by atoms with Crippen molar-refractivity contribution < 1.29 is 0 Å². The number of aromatic nitrogens is 1. The van der Waals surface area contributed by atoms with Crippen molar-refractivity contribution in [3.63, 3.8) is 0 Å². The van der Waals surface area contributed by atoms with Crippen LogP contribution < -0.4 is 0 Å². The van der Waals surface area contributed by atoms with Crippen LogP contribution in [0.5, 0.6) is 0 Å². The molecule has 2 rings (SSSR count). The van der Waals surface area contributed by atoms with E-state index in [9.17, 15) is 0 Å². The molecule has 1 aromatic heterocycles. The third kappa shape index (κ3) is 2.71. The molecule has 0 spiro atoms. The number of rotatable bonds is 3. The normalized spacial score (nSPS) is 18.2.